The van der Waals surface area contributed by atoms with Crippen LogP contribution in [0.5, 0.6) is 0 Å². The Morgan fingerprint density at radius 2 is 1.41 bits per heavy atom. The highest BCUT2D eigenvalue weighted by Crippen LogP contribution is 2.14. The van der Waals surface area contributed by atoms with Crippen molar-refractivity contribution in [3.63, 3.8) is 0 Å². The number of allylic oxidation sites excluding steroid dienone is 7. The number of aliphatic hydroxyl groups is 1. The number of hydrogen-bond acceptors (Lipinski definition) is 2. The van der Waals surface area contributed by atoms with Crippen LogP contribution in [0.3, 0.4) is 0 Å². The second kappa shape index (κ2) is 12.2. The second-order valence-electron chi connectivity index (χ2n) is 6.29. The van der Waals surface area contributed by atoms with Crippen molar-refractivity contribution in [1.29, 1.82) is 0 Å². The van der Waals surface area contributed by atoms with Gasteiger partial charge in [-0.15, -0.1) is 0 Å². The number of rotatable bonds is 10. The zero-order chi connectivity index (χ0) is 17.0. The van der Waals surface area contributed by atoms with Gasteiger partial charge in [0.05, 0.1) is 6.61 Å². The monoisotopic (exact) mass is 304 g/mol. The van der Waals surface area contributed by atoms with E-state index < -0.39 is 0 Å². The van der Waals surface area contributed by atoms with E-state index in [-0.39, 0.29) is 12.4 Å². The molecule has 0 unspecified atom stereocenters. The first-order chi connectivity index (χ1) is 10.3. The molecule has 2 heteroatoms. The molecule has 0 fully saturated rings. The summed E-state index contributed by atoms with van der Waals surface area (Å²) in [6, 6.07) is 0. The highest BCUT2D eigenvalue weighted by Gasteiger charge is 1.97. The second-order valence-corrected chi connectivity index (χ2v) is 6.29. The van der Waals surface area contributed by atoms with E-state index in [1.807, 2.05) is 26.8 Å². The maximum absolute atomic E-state index is 11.6. The van der Waals surface area contributed by atoms with E-state index in [0.717, 1.165) is 43.3 Å². The largest absolute Gasteiger partial charge is 0.392 e. The molecule has 0 aromatic heterocycles. The molecule has 1 N–H and O–H groups in total. The van der Waals surface area contributed by atoms with E-state index in [4.69, 9.17) is 5.11 Å². The molecule has 22 heavy (non-hydrogen) atoms. The van der Waals surface area contributed by atoms with Gasteiger partial charge < -0.3 is 5.11 Å². The van der Waals surface area contributed by atoms with Crippen LogP contribution in [0.25, 0.3) is 0 Å². The summed E-state index contributed by atoms with van der Waals surface area (Å²) in [5.41, 5.74) is 4.83. The molecule has 0 heterocycles. The van der Waals surface area contributed by atoms with Crippen LogP contribution in [0.2, 0.25) is 0 Å². The average molecular weight is 304 g/mol. The van der Waals surface area contributed by atoms with Gasteiger partial charge in [-0.05, 0) is 78.9 Å². The minimum Gasteiger partial charge on any atom is -0.392 e. The average Bonchev–Trinajstić information content (AvgIpc) is 2.37. The molecular formula is C20H32O2. The summed E-state index contributed by atoms with van der Waals surface area (Å²) < 4.78 is 0. The first-order valence-electron chi connectivity index (χ1n) is 8.13. The lowest BCUT2D eigenvalue weighted by atomic mass is 10.0. The molecule has 0 saturated heterocycles. The Balaban J connectivity index is 4.08. The molecule has 2 nitrogen and oxygen atoms in total. The summed E-state index contributed by atoms with van der Waals surface area (Å²) >= 11 is 0. The van der Waals surface area contributed by atoms with Gasteiger partial charge in [-0.3, -0.25) is 4.79 Å². The Kier molecular flexibility index (Phi) is 11.4. The fourth-order valence-electron chi connectivity index (χ4n) is 2.19. The number of aliphatic hydroxyl groups excluding tert-OH is 1. The lowest BCUT2D eigenvalue weighted by Gasteiger charge is -2.03. The maximum Gasteiger partial charge on any atom is 0.178 e. The van der Waals surface area contributed by atoms with Gasteiger partial charge in [-0.25, -0.2) is 0 Å². The van der Waals surface area contributed by atoms with E-state index in [0.29, 0.717) is 0 Å². The Morgan fingerprint density at radius 3 is 2.00 bits per heavy atom. The van der Waals surface area contributed by atoms with Crippen molar-refractivity contribution in [2.75, 3.05) is 6.61 Å². The number of carbonyl (C=O) groups is 1. The minimum atomic E-state index is 0.0934. The molecule has 0 aromatic carbocycles. The molecule has 0 aliphatic heterocycles. The highest BCUT2D eigenvalue weighted by molar-refractivity contribution is 5.99. The molecule has 0 spiro atoms. The highest BCUT2D eigenvalue weighted by atomic mass is 16.2. The van der Waals surface area contributed by atoms with Gasteiger partial charge in [-0.2, -0.15) is 0 Å². The van der Waals surface area contributed by atoms with Crippen LogP contribution in [-0.2, 0) is 4.79 Å². The summed E-state index contributed by atoms with van der Waals surface area (Å²) in [6.07, 6.45) is 12.7. The Morgan fingerprint density at radius 1 is 0.818 bits per heavy atom. The van der Waals surface area contributed by atoms with E-state index in [1.165, 1.54) is 11.1 Å². The van der Waals surface area contributed by atoms with Crippen LogP contribution in [0, 0.1) is 0 Å². The molecule has 0 aliphatic carbocycles. The molecule has 0 saturated carbocycles. The standard InChI is InChI=1S/C20H32O2/c1-16(2)14-20(22)15-19(5)11-7-9-17(3)8-6-10-18(4)12-13-21/h8,12,14-15,21H,6-7,9-11,13H2,1-5H3. The SMILES string of the molecule is CC(C)=CC(=O)C=C(C)CCCC(C)=CCCC(C)=CCO. The van der Waals surface area contributed by atoms with E-state index in [9.17, 15) is 4.79 Å². The third-order valence-electron chi connectivity index (χ3n) is 3.43. The van der Waals surface area contributed by atoms with Crippen molar-refractivity contribution in [3.8, 4) is 0 Å². The van der Waals surface area contributed by atoms with Crippen molar-refractivity contribution in [2.45, 2.75) is 66.7 Å². The van der Waals surface area contributed by atoms with Gasteiger partial charge in [0.2, 0.25) is 0 Å². The third-order valence-corrected chi connectivity index (χ3v) is 3.43. The predicted molar refractivity (Wildman–Crippen MR) is 95.9 cm³/mol. The molecule has 0 aromatic rings. The van der Waals surface area contributed by atoms with Crippen LogP contribution in [0.4, 0.5) is 0 Å². The number of carbonyl (C=O) groups excluding carboxylic acids is 1. The normalized spacial score (nSPS) is 13.3. The van der Waals surface area contributed by atoms with Crippen molar-refractivity contribution < 1.29 is 9.90 Å². The van der Waals surface area contributed by atoms with Crippen LogP contribution in [0.15, 0.2) is 46.6 Å². The topological polar surface area (TPSA) is 37.3 Å². The molecule has 0 amide bonds. The zero-order valence-electron chi connectivity index (χ0n) is 14.9. The Hall–Kier alpha value is -1.41. The fourth-order valence-corrected chi connectivity index (χ4v) is 2.19. The summed E-state index contributed by atoms with van der Waals surface area (Å²) in [4.78, 5) is 11.6. The molecule has 124 valence electrons. The molecule has 0 aliphatic rings. The smallest absolute Gasteiger partial charge is 0.178 e. The Labute approximate surface area is 136 Å². The van der Waals surface area contributed by atoms with E-state index >= 15 is 0 Å². The molecule has 0 radical (unpaired) electrons. The predicted octanol–water partition coefficient (Wildman–Crippen LogP) is 5.30. The summed E-state index contributed by atoms with van der Waals surface area (Å²) in [5.74, 6) is 0.0934. The Bertz CT molecular complexity index is 458. The van der Waals surface area contributed by atoms with Gasteiger partial charge in [0, 0.05) is 0 Å². The summed E-state index contributed by atoms with van der Waals surface area (Å²) in [7, 11) is 0. The lowest BCUT2D eigenvalue weighted by Crippen LogP contribution is -1.90. The molecule has 0 bridgehead atoms. The molecule has 0 rings (SSSR count). The van der Waals surface area contributed by atoms with Gasteiger partial charge in [-0.1, -0.05) is 34.4 Å². The van der Waals surface area contributed by atoms with Gasteiger partial charge in [0.1, 0.15) is 0 Å². The van der Waals surface area contributed by atoms with Crippen molar-refractivity contribution in [1.82, 2.24) is 0 Å². The van der Waals surface area contributed by atoms with Gasteiger partial charge >= 0.3 is 0 Å². The summed E-state index contributed by atoms with van der Waals surface area (Å²) in [6.45, 7) is 10.2. The quantitative estimate of drug-likeness (QED) is 0.439. The first-order valence-corrected chi connectivity index (χ1v) is 8.13. The number of ketones is 1. The lowest BCUT2D eigenvalue weighted by molar-refractivity contribution is -0.110. The van der Waals surface area contributed by atoms with Crippen LogP contribution < -0.4 is 0 Å². The first kappa shape index (κ1) is 20.6. The van der Waals surface area contributed by atoms with E-state index in [1.54, 1.807) is 12.2 Å². The molecule has 0 atom stereocenters. The van der Waals surface area contributed by atoms with Gasteiger partial charge in [0.25, 0.3) is 0 Å². The van der Waals surface area contributed by atoms with Crippen molar-refractivity contribution >= 4 is 5.78 Å². The maximum atomic E-state index is 11.6. The van der Waals surface area contributed by atoms with Gasteiger partial charge in [0.15, 0.2) is 5.78 Å². The zero-order valence-corrected chi connectivity index (χ0v) is 14.9. The number of hydrogen-bond donors (Lipinski definition) is 1. The van der Waals surface area contributed by atoms with Crippen molar-refractivity contribution in [3.05, 3.63) is 46.6 Å². The molecular weight excluding hydrogens is 272 g/mol. The minimum absolute atomic E-state index is 0.0934. The van der Waals surface area contributed by atoms with Crippen LogP contribution >= 0.6 is 0 Å². The van der Waals surface area contributed by atoms with Crippen molar-refractivity contribution in [2.24, 2.45) is 0 Å². The third kappa shape index (κ3) is 12.3. The van der Waals surface area contributed by atoms with E-state index in [2.05, 4.69) is 19.9 Å². The van der Waals surface area contributed by atoms with Crippen LogP contribution in [-0.4, -0.2) is 17.5 Å². The fraction of sp³-hybridized carbons (Fsp3) is 0.550. The summed E-state index contributed by atoms with van der Waals surface area (Å²) in [5, 5.41) is 8.80. The van der Waals surface area contributed by atoms with Crippen LogP contribution in [0.1, 0.15) is 66.7 Å².